The largest absolute Gasteiger partial charge is 0.396 e. The second-order valence-electron chi connectivity index (χ2n) is 21.6. The number of unbranched alkanes of at least 4 members (excludes halogenated alkanes) is 3. The molecule has 12 N–H and O–H groups in total. The van der Waals surface area contributed by atoms with E-state index in [9.17, 15) is 38.4 Å². The first-order valence-corrected chi connectivity index (χ1v) is 32.6. The molecule has 0 bridgehead atoms. The summed E-state index contributed by atoms with van der Waals surface area (Å²) in [5, 5.41) is 35.7. The summed E-state index contributed by atoms with van der Waals surface area (Å²) in [4.78, 5) is 88.6. The Morgan fingerprint density at radius 2 is 0.871 bits per heavy atom. The number of carbonyl (C=O) groups is 6. The average molecular weight is 1270 g/mol. The van der Waals surface area contributed by atoms with Crippen molar-refractivity contribution in [3.8, 4) is 0 Å². The van der Waals surface area contributed by atoms with E-state index in [2.05, 4.69) is 53.8 Å². The number of aliphatic hydroxyl groups is 2. The third kappa shape index (κ3) is 53.5. The van der Waals surface area contributed by atoms with Crippen LogP contribution in [0.5, 0.6) is 0 Å². The van der Waals surface area contributed by atoms with Gasteiger partial charge in [-0.3, -0.25) is 33.3 Å². The van der Waals surface area contributed by atoms with Gasteiger partial charge in [0.25, 0.3) is 6.57 Å². The standard InChI is InChI=1S/C54H107N8O21PS/c1-53(2,36-47(65)57-15-9-6-12-44(37-64)38-83-84(5,71)85)42-54(3,4)43-60-51(69)45(13-7-10-16-58-48(66)39-78-29-26-74-22-24-76-32-34-81-55)62-52(70)46(61-50(68)41-80-31-28-73-21-20-72-19-18-63)14-8-11-17-59-49(67)40-79-30-27-75-23-25-77-33-35-82-56/h44-46,63-64H,6-43,55-56H2,1-5H3,(H,57,65)(H,58,66)(H,59,67)(H,60,69)(H,61,68)(H,62,70)(H,71,85). The molecule has 0 aromatic carbocycles. The van der Waals surface area contributed by atoms with Gasteiger partial charge in [-0.1, -0.05) is 46.4 Å². The summed E-state index contributed by atoms with van der Waals surface area (Å²) in [6.45, 7) is 11.1. The number of hydrogen-bond acceptors (Lipinski definition) is 23. The van der Waals surface area contributed by atoms with Crippen molar-refractivity contribution in [2.24, 2.45) is 28.5 Å². The number of aliphatic hydroxyl groups excluding tert-OH is 2. The molecule has 0 fully saturated rings. The number of nitrogens with one attached hydrogen (secondary N) is 6. The van der Waals surface area contributed by atoms with Gasteiger partial charge in [0.15, 0.2) is 0 Å². The molecule has 0 aromatic rings. The smallest absolute Gasteiger partial charge is 0.251 e. The molecule has 0 aromatic heterocycles. The zero-order chi connectivity index (χ0) is 63.3. The van der Waals surface area contributed by atoms with E-state index in [1.54, 1.807) is 0 Å². The summed E-state index contributed by atoms with van der Waals surface area (Å²) in [6.07, 6.45) is 4.80. The minimum Gasteiger partial charge on any atom is -0.396 e. The molecule has 4 unspecified atom stereocenters. The normalized spacial score (nSPS) is 13.6. The van der Waals surface area contributed by atoms with Crippen LogP contribution in [0, 0.1) is 16.7 Å². The van der Waals surface area contributed by atoms with Gasteiger partial charge in [-0.05, 0) is 68.6 Å². The van der Waals surface area contributed by atoms with E-state index in [1.165, 1.54) is 6.66 Å². The molecule has 0 spiro atoms. The first-order valence-electron chi connectivity index (χ1n) is 29.3. The number of thiol groups is 1. The van der Waals surface area contributed by atoms with Crippen LogP contribution in [-0.4, -0.2) is 243 Å². The maximum absolute atomic E-state index is 14.2. The molecule has 29 nitrogen and oxygen atoms in total. The minimum atomic E-state index is -2.96. The number of hydrogen-bond donors (Lipinski definition) is 11. The Bertz CT molecular complexity index is 1780. The molecular formula is C54H107N8O21PS. The summed E-state index contributed by atoms with van der Waals surface area (Å²) < 4.78 is 65.3. The second-order valence-corrected chi connectivity index (χ2v) is 25.6. The van der Waals surface area contributed by atoms with Gasteiger partial charge >= 0.3 is 0 Å². The summed E-state index contributed by atoms with van der Waals surface area (Å²) in [5.41, 5.74) is -0.993. The summed E-state index contributed by atoms with van der Waals surface area (Å²) in [7, 11) is 0. The lowest BCUT2D eigenvalue weighted by Gasteiger charge is -2.35. The van der Waals surface area contributed by atoms with Gasteiger partial charge < -0.3 is 98.9 Å². The molecule has 0 aliphatic carbocycles. The molecule has 0 radical (unpaired) electrons. The lowest BCUT2D eigenvalue weighted by Crippen LogP contribution is -2.55. The fourth-order valence-corrected chi connectivity index (χ4v) is 8.95. The molecule has 4 atom stereocenters. The lowest BCUT2D eigenvalue weighted by atomic mass is 9.73. The zero-order valence-corrected chi connectivity index (χ0v) is 53.1. The van der Waals surface area contributed by atoms with Crippen LogP contribution in [0.15, 0.2) is 0 Å². The number of rotatable bonds is 61. The summed E-state index contributed by atoms with van der Waals surface area (Å²) in [6, 6.07) is -2.16. The summed E-state index contributed by atoms with van der Waals surface area (Å²) in [5.74, 6) is 7.25. The quantitative estimate of drug-likeness (QED) is 0.0166. The maximum Gasteiger partial charge on any atom is 0.251 e. The van der Waals surface area contributed by atoms with Crippen molar-refractivity contribution in [2.45, 2.75) is 110 Å². The van der Waals surface area contributed by atoms with Gasteiger partial charge in [-0.15, -0.1) is 0 Å². The highest BCUT2D eigenvalue weighted by Crippen LogP contribution is 2.47. The van der Waals surface area contributed by atoms with Crippen molar-refractivity contribution >= 4 is 54.3 Å². The molecule has 6 amide bonds. The third-order valence-corrected chi connectivity index (χ3v) is 13.1. The van der Waals surface area contributed by atoms with Crippen LogP contribution in [0.3, 0.4) is 0 Å². The van der Waals surface area contributed by atoms with Crippen LogP contribution in [0.25, 0.3) is 0 Å². The molecule has 0 aliphatic rings. The van der Waals surface area contributed by atoms with Crippen LogP contribution >= 0.6 is 18.8 Å². The molecular weight excluding hydrogens is 1160 g/mol. The monoisotopic (exact) mass is 1270 g/mol. The summed E-state index contributed by atoms with van der Waals surface area (Å²) >= 11 is 3.94. The van der Waals surface area contributed by atoms with E-state index in [0.29, 0.717) is 91.1 Å². The average Bonchev–Trinajstić information content (AvgIpc) is 3.66. The van der Waals surface area contributed by atoms with Crippen molar-refractivity contribution in [3.05, 3.63) is 0 Å². The topological polar surface area (TPSA) is 395 Å². The fourth-order valence-electron chi connectivity index (χ4n) is 8.27. The Kier molecular flexibility index (Phi) is 51.7. The van der Waals surface area contributed by atoms with Crippen LogP contribution in [0.1, 0.15) is 98.3 Å². The highest BCUT2D eigenvalue weighted by molar-refractivity contribution is 8.46. The van der Waals surface area contributed by atoms with Crippen LogP contribution in [0.2, 0.25) is 0 Å². The third-order valence-electron chi connectivity index (χ3n) is 12.1. The number of ether oxygens (including phenoxy) is 9. The molecule has 0 heterocycles. The second kappa shape index (κ2) is 53.8. The first-order chi connectivity index (χ1) is 40.7. The molecule has 0 saturated carbocycles. The molecule has 0 aliphatic heterocycles. The van der Waals surface area contributed by atoms with Crippen molar-refractivity contribution < 1.29 is 100 Å². The fraction of sp³-hybridized carbons (Fsp3) is 0.889. The predicted molar refractivity (Wildman–Crippen MR) is 318 cm³/mol. The van der Waals surface area contributed by atoms with E-state index < -0.39 is 47.2 Å². The van der Waals surface area contributed by atoms with E-state index in [4.69, 9.17) is 64.1 Å². The Balaban J connectivity index is 5.80. The predicted octanol–water partition coefficient (Wildman–Crippen LogP) is 0.0644. The van der Waals surface area contributed by atoms with Crippen LogP contribution in [0.4, 0.5) is 0 Å². The van der Waals surface area contributed by atoms with E-state index >= 15 is 0 Å². The van der Waals surface area contributed by atoms with Crippen molar-refractivity contribution in [1.29, 1.82) is 0 Å². The van der Waals surface area contributed by atoms with Gasteiger partial charge in [-0.2, -0.15) is 0 Å². The van der Waals surface area contributed by atoms with E-state index in [1.807, 2.05) is 27.7 Å². The van der Waals surface area contributed by atoms with Crippen molar-refractivity contribution in [2.75, 3.05) is 185 Å². The van der Waals surface area contributed by atoms with Crippen molar-refractivity contribution in [1.82, 2.24) is 31.9 Å². The van der Waals surface area contributed by atoms with Gasteiger partial charge in [0.05, 0.1) is 126 Å². The Labute approximate surface area is 508 Å². The van der Waals surface area contributed by atoms with Gasteiger partial charge in [0.2, 0.25) is 35.4 Å². The first kappa shape index (κ1) is 81.8. The highest BCUT2D eigenvalue weighted by atomic mass is 32.7. The lowest BCUT2D eigenvalue weighted by molar-refractivity contribution is -0.134. The maximum atomic E-state index is 14.2. The van der Waals surface area contributed by atoms with Gasteiger partial charge in [0, 0.05) is 51.8 Å². The number of amides is 6. The van der Waals surface area contributed by atoms with E-state index in [0.717, 1.165) is 6.42 Å². The van der Waals surface area contributed by atoms with Crippen LogP contribution < -0.4 is 43.7 Å². The van der Waals surface area contributed by atoms with Crippen molar-refractivity contribution in [3.63, 3.8) is 0 Å². The Morgan fingerprint density at radius 1 is 0.482 bits per heavy atom. The van der Waals surface area contributed by atoms with E-state index in [-0.39, 0.29) is 175 Å². The Morgan fingerprint density at radius 3 is 1.29 bits per heavy atom. The molecule has 31 heteroatoms. The molecule has 85 heavy (non-hydrogen) atoms. The van der Waals surface area contributed by atoms with Crippen LogP contribution in [-0.2, 0) is 90.2 Å². The number of nitrogens with two attached hydrogens (primary N) is 2. The highest BCUT2D eigenvalue weighted by Gasteiger charge is 2.33. The Hall–Kier alpha value is -3.24. The SMILES string of the molecule is CC(C)(CNC(=O)C(CCCCNC(=O)COCCOCCOCCON)NC(=O)C(CCCCNC(=O)COCCOCCOCCON)NC(=O)COCCOCCOCCO)CC(C)(C)CC(=O)NCCCCC(CO)COP(C)(=O)S. The van der Waals surface area contributed by atoms with Gasteiger partial charge in [0.1, 0.15) is 31.9 Å². The number of carbonyl (C=O) groups excluding carboxylic acids is 6. The molecule has 0 saturated heterocycles. The minimum absolute atomic E-state index is 0.0743. The van der Waals surface area contributed by atoms with Gasteiger partial charge in [-0.25, -0.2) is 11.8 Å². The molecule has 0 rings (SSSR count). The molecule has 500 valence electrons. The zero-order valence-electron chi connectivity index (χ0n) is 51.3.